The number of aromatic nitrogens is 4. The Morgan fingerprint density at radius 1 is 0.603 bits per heavy atom. The lowest BCUT2D eigenvalue weighted by atomic mass is 9.67. The Balaban J connectivity index is 0.979. The number of aryl methyl sites for hydroxylation is 2. The Morgan fingerprint density at radius 3 is 2.05 bits per heavy atom. The Hall–Kier alpha value is -7.58. The van der Waals surface area contributed by atoms with Crippen LogP contribution < -0.4 is 24.2 Å². The van der Waals surface area contributed by atoms with Gasteiger partial charge >= 0.3 is 7.05 Å². The number of anilines is 2. The van der Waals surface area contributed by atoms with Crippen molar-refractivity contribution in [1.82, 2.24) is 14.1 Å². The number of para-hydroxylation sites is 6. The van der Waals surface area contributed by atoms with E-state index in [0.29, 0.717) is 11.5 Å². The maximum atomic E-state index is 6.68. The van der Waals surface area contributed by atoms with Crippen LogP contribution in [-0.2, 0) is 0 Å². The number of benzene rings is 7. The van der Waals surface area contributed by atoms with Crippen molar-refractivity contribution in [2.75, 3.05) is 4.81 Å². The van der Waals surface area contributed by atoms with E-state index in [1.165, 1.54) is 10.8 Å². The number of pyridine rings is 1. The van der Waals surface area contributed by atoms with Crippen LogP contribution in [0.3, 0.4) is 0 Å². The summed E-state index contributed by atoms with van der Waals surface area (Å²) in [6, 6.07) is 60.7. The molecule has 0 N–H and O–H groups in total. The standard InChI is InChI=1S/C50H36BN5O2/c1-34-15-13-16-35(2)50(34)51-56(49-27-11-12-30-52-49)47-32-38(28-29-48(47)58-51)57-37-18-14-17-36(31-37)53-33-54(44-24-8-7-23-43(44)53)45-25-9-10-26-46(45)55-41-21-5-3-19-39(41)40-20-4-6-22-42(40)55/h3-32H,1-2H3. The Labute approximate surface area is 336 Å². The molecule has 1 aliphatic heterocycles. The van der Waals surface area contributed by atoms with Crippen molar-refractivity contribution in [2.45, 2.75) is 13.8 Å². The fourth-order valence-corrected chi connectivity index (χ4v) is 8.57. The van der Waals surface area contributed by atoms with Gasteiger partial charge in [0.05, 0.1) is 44.8 Å². The third-order valence-electron chi connectivity index (χ3n) is 11.2. The third-order valence-corrected chi connectivity index (χ3v) is 11.2. The molecule has 11 rings (SSSR count). The minimum absolute atomic E-state index is 0.367. The van der Waals surface area contributed by atoms with E-state index in [9.17, 15) is 0 Å². The number of hydrogen-bond donors (Lipinski definition) is 0. The molecule has 1 aliphatic rings. The monoisotopic (exact) mass is 749 g/mol. The number of rotatable bonds is 7. The zero-order valence-electron chi connectivity index (χ0n) is 32.0. The molecule has 7 aromatic carbocycles. The lowest BCUT2D eigenvalue weighted by Gasteiger charge is -2.23. The largest absolute Gasteiger partial charge is 0.536 e. The van der Waals surface area contributed by atoms with Crippen LogP contribution in [0.2, 0.25) is 0 Å². The molecule has 0 aliphatic carbocycles. The summed E-state index contributed by atoms with van der Waals surface area (Å²) in [4.78, 5) is 6.90. The molecule has 0 unspecified atom stereocenters. The Morgan fingerprint density at radius 2 is 1.28 bits per heavy atom. The molecule has 0 spiro atoms. The van der Waals surface area contributed by atoms with Crippen LogP contribution >= 0.6 is 0 Å². The molecule has 276 valence electrons. The summed E-state index contributed by atoms with van der Waals surface area (Å²) in [7, 11) is -0.367. The highest BCUT2D eigenvalue weighted by Gasteiger charge is 2.42. The number of nitrogens with zero attached hydrogens (tertiary/aromatic N) is 5. The second-order valence-electron chi connectivity index (χ2n) is 14.7. The summed E-state index contributed by atoms with van der Waals surface area (Å²) in [5.74, 6) is 2.98. The van der Waals surface area contributed by atoms with Crippen molar-refractivity contribution in [1.29, 1.82) is 0 Å². The highest BCUT2D eigenvalue weighted by Crippen LogP contribution is 2.43. The summed E-state index contributed by atoms with van der Waals surface area (Å²) < 4.78 is 20.0. The van der Waals surface area contributed by atoms with E-state index < -0.39 is 0 Å². The molecule has 0 atom stereocenters. The zero-order chi connectivity index (χ0) is 38.7. The highest BCUT2D eigenvalue weighted by molar-refractivity contribution is 6.75. The molecule has 3 aromatic heterocycles. The smallest absolute Gasteiger partial charge is 0.526 e. The summed E-state index contributed by atoms with van der Waals surface area (Å²) in [5, 5.41) is 2.45. The lowest BCUT2D eigenvalue weighted by Crippen LogP contribution is -2.49. The normalized spacial score (nSPS) is 12.4. The van der Waals surface area contributed by atoms with Crippen LogP contribution in [0.25, 0.3) is 49.9 Å². The molecule has 8 heteroatoms. The van der Waals surface area contributed by atoms with Crippen molar-refractivity contribution in [2.24, 2.45) is 0 Å². The summed E-state index contributed by atoms with van der Waals surface area (Å²) in [6.07, 6.45) is 5.55. The van der Waals surface area contributed by atoms with Crippen LogP contribution in [0.15, 0.2) is 182 Å². The van der Waals surface area contributed by atoms with Crippen molar-refractivity contribution in [3.63, 3.8) is 0 Å². The van der Waals surface area contributed by atoms with Gasteiger partial charge in [-0.25, -0.2) is 4.98 Å². The molecule has 0 amide bonds. The number of imidazole rings is 1. The van der Waals surface area contributed by atoms with Crippen LogP contribution in [0.4, 0.5) is 11.5 Å². The van der Waals surface area contributed by atoms with Gasteiger partial charge in [0.15, 0.2) is 0 Å². The van der Waals surface area contributed by atoms with E-state index in [1.54, 1.807) is 0 Å². The van der Waals surface area contributed by atoms with Gasteiger partial charge in [0.2, 0.25) is 0 Å². The first kappa shape index (κ1) is 33.7. The minimum atomic E-state index is -0.367. The zero-order valence-corrected chi connectivity index (χ0v) is 32.0. The molecule has 0 saturated heterocycles. The SMILES string of the molecule is Cc1cccc(C)c1B1Oc2ccc(Oc3cccc(-n4[c-][n+](-c5ccccc5-n5c6ccccc6c6ccccc65)c5ccccc54)c3)cc2N1c1ccccn1. The molecule has 10 aromatic rings. The van der Waals surface area contributed by atoms with Gasteiger partial charge in [-0.05, 0) is 86.0 Å². The number of fused-ring (bicyclic) bond motifs is 5. The molecule has 0 bridgehead atoms. The van der Waals surface area contributed by atoms with Crippen molar-refractivity contribution in [3.8, 4) is 34.3 Å². The van der Waals surface area contributed by atoms with Gasteiger partial charge in [-0.3, -0.25) is 9.13 Å². The maximum Gasteiger partial charge on any atom is 0.526 e. The Kier molecular flexibility index (Phi) is 7.89. The molecule has 7 nitrogen and oxygen atoms in total. The lowest BCUT2D eigenvalue weighted by molar-refractivity contribution is -0.572. The van der Waals surface area contributed by atoms with Crippen molar-refractivity contribution < 1.29 is 14.0 Å². The van der Waals surface area contributed by atoms with E-state index in [1.807, 2.05) is 54.7 Å². The van der Waals surface area contributed by atoms with Crippen molar-refractivity contribution >= 4 is 56.9 Å². The van der Waals surface area contributed by atoms with Crippen LogP contribution in [0.1, 0.15) is 11.1 Å². The van der Waals surface area contributed by atoms with E-state index >= 15 is 0 Å². The van der Waals surface area contributed by atoms with Gasteiger partial charge in [-0.15, -0.1) is 0 Å². The fourth-order valence-electron chi connectivity index (χ4n) is 8.57. The predicted octanol–water partition coefficient (Wildman–Crippen LogP) is 10.5. The topological polar surface area (TPSA) is 48.3 Å². The number of hydrogen-bond acceptors (Lipinski definition) is 4. The number of ether oxygens (including phenoxy) is 1. The van der Waals surface area contributed by atoms with Crippen LogP contribution in [0, 0.1) is 20.2 Å². The predicted molar refractivity (Wildman–Crippen MR) is 233 cm³/mol. The Bertz CT molecular complexity index is 3120. The van der Waals surface area contributed by atoms with E-state index in [2.05, 4.69) is 166 Å². The summed E-state index contributed by atoms with van der Waals surface area (Å²) in [5.41, 5.74) is 11.8. The van der Waals surface area contributed by atoms with Gasteiger partial charge in [0.25, 0.3) is 6.33 Å². The molecule has 58 heavy (non-hydrogen) atoms. The molecular formula is C50H36BN5O2. The first-order valence-corrected chi connectivity index (χ1v) is 19.5. The van der Waals surface area contributed by atoms with Gasteiger partial charge < -0.3 is 18.8 Å². The average molecular weight is 750 g/mol. The fraction of sp³-hybridized carbons (Fsp3) is 0.0400. The minimum Gasteiger partial charge on any atom is -0.536 e. The quantitative estimate of drug-likeness (QED) is 0.0925. The molecular weight excluding hydrogens is 713 g/mol. The second kappa shape index (κ2) is 13.6. The first-order valence-electron chi connectivity index (χ1n) is 19.5. The molecule has 0 saturated carbocycles. The third kappa shape index (κ3) is 5.45. The van der Waals surface area contributed by atoms with Crippen LogP contribution in [0.5, 0.6) is 17.2 Å². The van der Waals surface area contributed by atoms with E-state index in [4.69, 9.17) is 14.4 Å². The maximum absolute atomic E-state index is 6.68. The highest BCUT2D eigenvalue weighted by atomic mass is 16.5. The van der Waals surface area contributed by atoms with E-state index in [-0.39, 0.29) is 7.05 Å². The van der Waals surface area contributed by atoms with Gasteiger partial charge in [0.1, 0.15) is 23.1 Å². The van der Waals surface area contributed by atoms with Crippen LogP contribution in [-0.4, -0.2) is 21.2 Å². The average Bonchev–Trinajstić information content (AvgIpc) is 3.94. The second-order valence-corrected chi connectivity index (χ2v) is 14.7. The van der Waals surface area contributed by atoms with Gasteiger partial charge in [-0.1, -0.05) is 114 Å². The summed E-state index contributed by atoms with van der Waals surface area (Å²) >= 11 is 0. The molecule has 0 radical (unpaired) electrons. The van der Waals surface area contributed by atoms with Crippen molar-refractivity contribution in [3.05, 3.63) is 200 Å². The molecule has 0 fully saturated rings. The van der Waals surface area contributed by atoms with E-state index in [0.717, 1.165) is 73.0 Å². The molecule has 4 heterocycles. The van der Waals surface area contributed by atoms with Gasteiger partial charge in [0, 0.05) is 23.0 Å². The van der Waals surface area contributed by atoms with Gasteiger partial charge in [-0.2, -0.15) is 0 Å². The summed E-state index contributed by atoms with van der Waals surface area (Å²) in [6.45, 7) is 4.26. The first-order chi connectivity index (χ1) is 28.6.